The van der Waals surface area contributed by atoms with E-state index in [9.17, 15) is 9.50 Å². The van der Waals surface area contributed by atoms with Crippen molar-refractivity contribution in [1.29, 1.82) is 0 Å². The molecular formula is C20H26FN3O. The number of halogens is 1. The van der Waals surface area contributed by atoms with E-state index in [-0.39, 0.29) is 12.1 Å². The first-order valence-electron chi connectivity index (χ1n) is 8.67. The smallest absolute Gasteiger partial charge is 0.191 e. The number of aliphatic imine (C=N–C) groups is 1. The molecule has 0 aliphatic rings. The Balaban J connectivity index is 2.01. The first-order chi connectivity index (χ1) is 12.2. The third-order valence-electron chi connectivity index (χ3n) is 3.98. The van der Waals surface area contributed by atoms with Crippen LogP contribution in [0.25, 0.3) is 0 Å². The zero-order valence-electron chi connectivity index (χ0n) is 14.8. The van der Waals surface area contributed by atoms with Crippen molar-refractivity contribution in [2.45, 2.75) is 32.9 Å². The van der Waals surface area contributed by atoms with Gasteiger partial charge in [0.05, 0.1) is 12.6 Å². The van der Waals surface area contributed by atoms with E-state index in [4.69, 9.17) is 0 Å². The molecule has 1 unspecified atom stereocenters. The molecule has 5 heteroatoms. The van der Waals surface area contributed by atoms with Gasteiger partial charge in [-0.3, -0.25) is 0 Å². The summed E-state index contributed by atoms with van der Waals surface area (Å²) in [5, 5.41) is 16.4. The highest BCUT2D eigenvalue weighted by Gasteiger charge is 2.12. The lowest BCUT2D eigenvalue weighted by molar-refractivity contribution is 0.176. The normalized spacial score (nSPS) is 12.7. The van der Waals surface area contributed by atoms with Crippen LogP contribution in [-0.2, 0) is 13.0 Å². The van der Waals surface area contributed by atoms with E-state index in [0.717, 1.165) is 6.42 Å². The van der Waals surface area contributed by atoms with Gasteiger partial charge in [-0.05, 0) is 30.5 Å². The highest BCUT2D eigenvalue weighted by molar-refractivity contribution is 5.79. The fraction of sp³-hybridized carbons (Fsp3) is 0.350. The van der Waals surface area contributed by atoms with Gasteiger partial charge in [-0.2, -0.15) is 0 Å². The average molecular weight is 343 g/mol. The molecule has 0 aromatic heterocycles. The second-order valence-corrected chi connectivity index (χ2v) is 5.74. The van der Waals surface area contributed by atoms with Crippen LogP contribution in [0.4, 0.5) is 4.39 Å². The fourth-order valence-corrected chi connectivity index (χ4v) is 2.61. The molecule has 4 nitrogen and oxygen atoms in total. The summed E-state index contributed by atoms with van der Waals surface area (Å²) >= 11 is 0. The van der Waals surface area contributed by atoms with Crippen molar-refractivity contribution >= 4 is 5.96 Å². The molecule has 0 spiro atoms. The maximum absolute atomic E-state index is 13.7. The lowest BCUT2D eigenvalue weighted by atomic mass is 10.1. The Morgan fingerprint density at radius 3 is 2.40 bits per heavy atom. The van der Waals surface area contributed by atoms with Crippen molar-refractivity contribution in [1.82, 2.24) is 10.6 Å². The number of aliphatic hydroxyl groups is 1. The van der Waals surface area contributed by atoms with Crippen molar-refractivity contribution in [3.63, 3.8) is 0 Å². The number of hydrogen-bond donors (Lipinski definition) is 3. The van der Waals surface area contributed by atoms with Crippen LogP contribution in [0.2, 0.25) is 0 Å². The van der Waals surface area contributed by atoms with Crippen molar-refractivity contribution < 1.29 is 9.50 Å². The quantitative estimate of drug-likeness (QED) is 0.535. The molecule has 0 bridgehead atoms. The number of aliphatic hydroxyl groups excluding tert-OH is 1. The second kappa shape index (κ2) is 9.79. The predicted octanol–water partition coefficient (Wildman–Crippen LogP) is 3.18. The Hall–Kier alpha value is -2.40. The molecule has 0 saturated carbocycles. The van der Waals surface area contributed by atoms with E-state index >= 15 is 0 Å². The summed E-state index contributed by atoms with van der Waals surface area (Å²) < 4.78 is 13.7. The first kappa shape index (κ1) is 18.9. The summed E-state index contributed by atoms with van der Waals surface area (Å²) in [7, 11) is 0. The highest BCUT2D eigenvalue weighted by Crippen LogP contribution is 2.15. The molecule has 25 heavy (non-hydrogen) atoms. The molecule has 0 aliphatic carbocycles. The largest absolute Gasteiger partial charge is 0.386 e. The van der Waals surface area contributed by atoms with Crippen LogP contribution in [-0.4, -0.2) is 24.2 Å². The van der Waals surface area contributed by atoms with E-state index in [1.54, 1.807) is 18.2 Å². The lowest BCUT2D eigenvalue weighted by Crippen LogP contribution is -2.39. The van der Waals surface area contributed by atoms with Gasteiger partial charge in [0.2, 0.25) is 0 Å². The number of benzene rings is 2. The van der Waals surface area contributed by atoms with Crippen molar-refractivity contribution in [3.8, 4) is 0 Å². The third kappa shape index (κ3) is 5.57. The summed E-state index contributed by atoms with van der Waals surface area (Å²) in [5.74, 6) is 0.194. The zero-order valence-corrected chi connectivity index (χ0v) is 14.8. The molecule has 2 aromatic carbocycles. The lowest BCUT2D eigenvalue weighted by Gasteiger charge is -2.16. The summed E-state index contributed by atoms with van der Waals surface area (Å²) in [6, 6.07) is 14.5. The summed E-state index contributed by atoms with van der Waals surface area (Å²) in [5.41, 5.74) is 2.73. The average Bonchev–Trinajstić information content (AvgIpc) is 2.64. The minimum atomic E-state index is -0.937. The number of nitrogens with one attached hydrogen (secondary N) is 2. The Kier molecular flexibility index (Phi) is 7.41. The molecule has 1 atom stereocenters. The zero-order chi connectivity index (χ0) is 18.1. The van der Waals surface area contributed by atoms with Gasteiger partial charge >= 0.3 is 0 Å². The minimum absolute atomic E-state index is 0.183. The fourth-order valence-electron chi connectivity index (χ4n) is 2.61. The van der Waals surface area contributed by atoms with Gasteiger partial charge in [0.15, 0.2) is 5.96 Å². The van der Waals surface area contributed by atoms with Gasteiger partial charge in [-0.25, -0.2) is 9.38 Å². The van der Waals surface area contributed by atoms with E-state index in [1.165, 1.54) is 17.2 Å². The second-order valence-electron chi connectivity index (χ2n) is 5.74. The number of nitrogens with zero attached hydrogens (tertiary/aromatic N) is 1. The Morgan fingerprint density at radius 2 is 1.72 bits per heavy atom. The van der Waals surface area contributed by atoms with Crippen LogP contribution in [0.15, 0.2) is 53.5 Å². The molecule has 0 heterocycles. The maximum Gasteiger partial charge on any atom is 0.191 e. The van der Waals surface area contributed by atoms with Crippen LogP contribution in [0.1, 0.15) is 36.6 Å². The monoisotopic (exact) mass is 343 g/mol. The summed E-state index contributed by atoms with van der Waals surface area (Å²) in [6.45, 7) is 5.54. The topological polar surface area (TPSA) is 56.7 Å². The summed E-state index contributed by atoms with van der Waals surface area (Å²) in [4.78, 5) is 4.57. The predicted molar refractivity (Wildman–Crippen MR) is 100.0 cm³/mol. The molecule has 3 N–H and O–H groups in total. The van der Waals surface area contributed by atoms with E-state index < -0.39 is 11.9 Å². The van der Waals surface area contributed by atoms with Crippen LogP contribution in [0, 0.1) is 5.82 Å². The van der Waals surface area contributed by atoms with Gasteiger partial charge in [0, 0.05) is 18.7 Å². The highest BCUT2D eigenvalue weighted by atomic mass is 19.1. The van der Waals surface area contributed by atoms with Crippen LogP contribution >= 0.6 is 0 Å². The molecule has 0 fully saturated rings. The molecule has 2 rings (SSSR count). The molecule has 0 saturated heterocycles. The van der Waals surface area contributed by atoms with Gasteiger partial charge in [-0.1, -0.05) is 49.4 Å². The molecular weight excluding hydrogens is 317 g/mol. The molecule has 134 valence electrons. The van der Waals surface area contributed by atoms with Gasteiger partial charge in [-0.15, -0.1) is 0 Å². The number of hydrogen-bond acceptors (Lipinski definition) is 2. The van der Waals surface area contributed by atoms with Crippen LogP contribution < -0.4 is 10.6 Å². The molecule has 2 aromatic rings. The Morgan fingerprint density at radius 1 is 1.04 bits per heavy atom. The first-order valence-corrected chi connectivity index (χ1v) is 8.67. The molecule has 0 radical (unpaired) electrons. The van der Waals surface area contributed by atoms with Crippen molar-refractivity contribution in [2.75, 3.05) is 13.1 Å². The maximum atomic E-state index is 13.7. The van der Waals surface area contributed by atoms with E-state index in [0.29, 0.717) is 19.0 Å². The van der Waals surface area contributed by atoms with E-state index in [2.05, 4.69) is 34.7 Å². The Labute approximate surface area is 148 Å². The Bertz CT molecular complexity index is 703. The number of rotatable bonds is 7. The molecule has 0 amide bonds. The van der Waals surface area contributed by atoms with Crippen LogP contribution in [0.5, 0.6) is 0 Å². The number of guanidine groups is 1. The van der Waals surface area contributed by atoms with Crippen LogP contribution in [0.3, 0.4) is 0 Å². The van der Waals surface area contributed by atoms with Gasteiger partial charge < -0.3 is 15.7 Å². The standard InChI is InChI=1S/C20H26FN3O/c1-3-15-9-5-6-10-16(15)13-23-20(22-4-2)24-14-19(25)17-11-7-8-12-18(17)21/h5-12,19,25H,3-4,13-14H2,1-2H3,(H2,22,23,24). The minimum Gasteiger partial charge on any atom is -0.386 e. The summed E-state index contributed by atoms with van der Waals surface area (Å²) in [6.07, 6.45) is 0.0229. The van der Waals surface area contributed by atoms with Gasteiger partial charge in [0.25, 0.3) is 0 Å². The number of aryl methyl sites for hydroxylation is 1. The van der Waals surface area contributed by atoms with Gasteiger partial charge in [0.1, 0.15) is 5.82 Å². The third-order valence-corrected chi connectivity index (χ3v) is 3.98. The van der Waals surface area contributed by atoms with E-state index in [1.807, 2.05) is 19.1 Å². The SMILES string of the molecule is CCNC(=NCc1ccccc1CC)NCC(O)c1ccccc1F. The molecule has 0 aliphatic heterocycles. The van der Waals surface area contributed by atoms with Crippen molar-refractivity contribution in [2.24, 2.45) is 4.99 Å². The van der Waals surface area contributed by atoms with Crippen molar-refractivity contribution in [3.05, 3.63) is 71.0 Å².